The number of imidazole rings is 1. The molecular weight excluding hydrogens is 624 g/mol. The van der Waals surface area contributed by atoms with Gasteiger partial charge in [-0.05, 0) is 127 Å². The van der Waals surface area contributed by atoms with Crippen LogP contribution in [-0.2, 0) is 24.5 Å². The molecule has 2 aromatic rings. The molecule has 6 aliphatic carbocycles. The van der Waals surface area contributed by atoms with Gasteiger partial charge < -0.3 is 14.8 Å². The number of nitrogens with zero attached hydrogens (tertiary/aromatic N) is 1. The van der Waals surface area contributed by atoms with E-state index in [0.29, 0.717) is 42.3 Å². The molecule has 1 heterocycles. The minimum atomic E-state index is -0.804. The maximum atomic E-state index is 14.0. The predicted molar refractivity (Wildman–Crippen MR) is 192 cm³/mol. The molecule has 0 saturated heterocycles. The molecule has 7 heteroatoms. The molecule has 268 valence electrons. The number of esters is 1. The maximum absolute atomic E-state index is 14.0. The lowest BCUT2D eigenvalue weighted by Gasteiger charge is -2.67. The number of benzene rings is 1. The largest absolute Gasteiger partial charge is 0.481 e. The zero-order valence-electron chi connectivity index (χ0n) is 30.8. The van der Waals surface area contributed by atoms with Crippen molar-refractivity contribution in [3.63, 3.8) is 0 Å². The molecule has 0 radical (unpaired) electrons. The van der Waals surface area contributed by atoms with Crippen LogP contribution >= 0.6 is 0 Å². The molecule has 0 aliphatic heterocycles. The van der Waals surface area contributed by atoms with Crippen molar-refractivity contribution in [2.75, 3.05) is 0 Å². The second-order valence-electron chi connectivity index (χ2n) is 18.2. The molecule has 12 atom stereocenters. The van der Waals surface area contributed by atoms with Gasteiger partial charge >= 0.3 is 11.9 Å². The Morgan fingerprint density at radius 2 is 1.62 bits per heavy atom. The van der Waals surface area contributed by atoms with Crippen molar-refractivity contribution in [1.82, 2.24) is 9.97 Å². The molecule has 6 aliphatic rings. The Hall–Kier alpha value is -3.22. The van der Waals surface area contributed by atoms with Crippen molar-refractivity contribution in [2.45, 2.75) is 117 Å². The monoisotopic (exact) mass is 680 g/mol. The number of fused-ring (bicyclic) bond motifs is 7. The summed E-state index contributed by atoms with van der Waals surface area (Å²) < 4.78 is 6.24. The summed E-state index contributed by atoms with van der Waals surface area (Å²) in [6.45, 7) is 13.8. The van der Waals surface area contributed by atoms with Crippen LogP contribution in [0.5, 0.6) is 0 Å². The number of ether oxygens (including phenoxy) is 1. The van der Waals surface area contributed by atoms with Crippen LogP contribution in [-0.4, -0.2) is 38.9 Å². The summed E-state index contributed by atoms with van der Waals surface area (Å²) >= 11 is 0. The highest BCUT2D eigenvalue weighted by Gasteiger charge is 2.65. The van der Waals surface area contributed by atoms with Gasteiger partial charge in [-0.3, -0.25) is 14.4 Å². The lowest BCUT2D eigenvalue weighted by atomic mass is 9.38. The number of rotatable bonds is 6. The summed E-state index contributed by atoms with van der Waals surface area (Å²) in [5.41, 5.74) is 4.69. The summed E-state index contributed by atoms with van der Waals surface area (Å²) in [6, 6.07) is 10.4. The predicted octanol–water partition coefficient (Wildman–Crippen LogP) is 8.80. The second kappa shape index (κ2) is 11.9. The van der Waals surface area contributed by atoms with E-state index in [1.807, 2.05) is 19.2 Å². The zero-order valence-corrected chi connectivity index (χ0v) is 30.8. The molecule has 8 rings (SSSR count). The number of nitrogens with one attached hydrogen (secondary N) is 1. The van der Waals surface area contributed by atoms with Crippen LogP contribution in [0.25, 0.3) is 11.3 Å². The number of hydrogen-bond acceptors (Lipinski definition) is 5. The van der Waals surface area contributed by atoms with Gasteiger partial charge in [0.05, 0.1) is 29.1 Å². The number of Topliss-reactive ketones (excluding diaryl/α,β-unsaturated/α-hetero) is 1. The van der Waals surface area contributed by atoms with Gasteiger partial charge in [0.25, 0.3) is 0 Å². The molecule has 0 bridgehead atoms. The van der Waals surface area contributed by atoms with Gasteiger partial charge in [-0.15, -0.1) is 0 Å². The number of carboxylic acids is 1. The number of hydrogen-bond donors (Lipinski definition) is 2. The van der Waals surface area contributed by atoms with E-state index in [4.69, 9.17) is 9.72 Å². The van der Waals surface area contributed by atoms with Crippen LogP contribution in [0, 0.1) is 64.1 Å². The molecule has 12 unspecified atom stereocenters. The van der Waals surface area contributed by atoms with E-state index in [-0.39, 0.29) is 52.0 Å². The number of aromatic nitrogens is 2. The lowest BCUT2D eigenvalue weighted by molar-refractivity contribution is -0.196. The van der Waals surface area contributed by atoms with Crippen molar-refractivity contribution in [2.24, 2.45) is 64.1 Å². The Morgan fingerprint density at radius 1 is 0.920 bits per heavy atom. The number of ketones is 1. The summed E-state index contributed by atoms with van der Waals surface area (Å²) in [5.74, 6) is 1.93. The van der Waals surface area contributed by atoms with Crippen molar-refractivity contribution < 1.29 is 24.2 Å². The normalized spacial score (nSPS) is 42.2. The minimum Gasteiger partial charge on any atom is -0.481 e. The van der Waals surface area contributed by atoms with Gasteiger partial charge in [-0.1, -0.05) is 71.9 Å². The van der Waals surface area contributed by atoms with Crippen LogP contribution in [0.1, 0.15) is 112 Å². The number of aliphatic carboxylic acids is 1. The van der Waals surface area contributed by atoms with E-state index in [2.05, 4.69) is 63.9 Å². The first-order valence-electron chi connectivity index (χ1n) is 19.6. The Labute approximate surface area is 297 Å². The van der Waals surface area contributed by atoms with E-state index >= 15 is 0 Å². The number of carbonyl (C=O) groups is 3. The molecule has 0 amide bonds. The molecule has 2 N–H and O–H groups in total. The Balaban J connectivity index is 1.05. The fourth-order valence-electron chi connectivity index (χ4n) is 13.3. The number of allylic oxidation sites excluding steroid dienone is 2. The van der Waals surface area contributed by atoms with Crippen LogP contribution in [0.3, 0.4) is 0 Å². The topological polar surface area (TPSA) is 109 Å². The molecule has 7 nitrogen and oxygen atoms in total. The van der Waals surface area contributed by atoms with Crippen molar-refractivity contribution >= 4 is 17.7 Å². The Bertz CT molecular complexity index is 1730. The maximum Gasteiger partial charge on any atom is 0.309 e. The first-order chi connectivity index (χ1) is 23.8. The lowest BCUT2D eigenvalue weighted by Crippen LogP contribution is -2.61. The first kappa shape index (κ1) is 33.9. The highest BCUT2D eigenvalue weighted by atomic mass is 16.5. The van der Waals surface area contributed by atoms with Crippen molar-refractivity contribution in [1.29, 1.82) is 0 Å². The molecule has 5 saturated carbocycles. The Kier molecular flexibility index (Phi) is 8.08. The van der Waals surface area contributed by atoms with Gasteiger partial charge in [0.2, 0.25) is 0 Å². The SMILES string of the molecule is CC(C)C1=C2C3CCC4C(C)(CCC5C(C)C(OC(=O)C6CC(C(=O)O)C6C)CCC54C)C3CCC2(c2ncc(-c3ccccc3)[nH]2)CC1=O. The van der Waals surface area contributed by atoms with E-state index in [0.717, 1.165) is 61.2 Å². The van der Waals surface area contributed by atoms with Crippen LogP contribution in [0.2, 0.25) is 0 Å². The van der Waals surface area contributed by atoms with Crippen molar-refractivity contribution in [3.05, 3.63) is 53.5 Å². The third kappa shape index (κ3) is 4.80. The number of carbonyl (C=O) groups excluding carboxylic acids is 2. The average molecular weight is 681 g/mol. The van der Waals surface area contributed by atoms with Crippen LogP contribution < -0.4 is 0 Å². The van der Waals surface area contributed by atoms with Gasteiger partial charge in [0, 0.05) is 6.42 Å². The van der Waals surface area contributed by atoms with Gasteiger partial charge in [-0.2, -0.15) is 0 Å². The Morgan fingerprint density at radius 3 is 2.32 bits per heavy atom. The van der Waals surface area contributed by atoms with Gasteiger partial charge in [0.15, 0.2) is 5.78 Å². The second-order valence-corrected chi connectivity index (χ2v) is 18.2. The van der Waals surface area contributed by atoms with E-state index in [1.165, 1.54) is 18.4 Å². The summed E-state index contributed by atoms with van der Waals surface area (Å²) in [4.78, 5) is 47.5. The standard InChI is InChI=1S/C43H56N2O5/c1-23(2)36-33(46)21-43(40-44-22-32(45-40)26-10-8-7-9-11-26)19-15-31-27(37(36)43)12-13-35-41(5)18-16-34(25(4)30(41)14-17-42(31,35)6)50-39(49)29-20-28(24(29)3)38(47)48/h7-11,22-25,27-31,34-35H,12-21H2,1-6H3,(H,44,45)(H,47,48). The van der Waals surface area contributed by atoms with E-state index in [9.17, 15) is 19.5 Å². The van der Waals surface area contributed by atoms with E-state index < -0.39 is 11.9 Å². The van der Waals surface area contributed by atoms with Crippen LogP contribution in [0.4, 0.5) is 0 Å². The third-order valence-corrected chi connectivity index (χ3v) is 15.9. The molecule has 0 spiro atoms. The summed E-state index contributed by atoms with van der Waals surface area (Å²) in [7, 11) is 0. The zero-order chi connectivity index (χ0) is 35.3. The third-order valence-electron chi connectivity index (χ3n) is 15.9. The van der Waals surface area contributed by atoms with E-state index in [1.54, 1.807) is 0 Å². The number of carboxylic acid groups (broad SMARTS) is 1. The average Bonchev–Trinajstić information content (AvgIpc) is 3.69. The molecule has 1 aromatic heterocycles. The quantitative estimate of drug-likeness (QED) is 0.295. The summed E-state index contributed by atoms with van der Waals surface area (Å²) in [6.07, 6.45) is 11.4. The highest BCUT2D eigenvalue weighted by molar-refractivity contribution is 6.01. The molecular formula is C43H56N2O5. The minimum absolute atomic E-state index is 0.0926. The smallest absolute Gasteiger partial charge is 0.309 e. The number of H-pyrrole nitrogens is 1. The fraction of sp³-hybridized carbons (Fsp3) is 0.674. The highest BCUT2D eigenvalue weighted by Crippen LogP contribution is 2.71. The summed E-state index contributed by atoms with van der Waals surface area (Å²) in [5, 5.41) is 9.44. The van der Waals surface area contributed by atoms with Gasteiger partial charge in [-0.25, -0.2) is 4.98 Å². The molecule has 1 aromatic carbocycles. The molecule has 50 heavy (non-hydrogen) atoms. The van der Waals surface area contributed by atoms with Crippen molar-refractivity contribution in [3.8, 4) is 11.3 Å². The van der Waals surface area contributed by atoms with Gasteiger partial charge in [0.1, 0.15) is 11.9 Å². The molecule has 5 fully saturated rings. The first-order valence-corrected chi connectivity index (χ1v) is 19.6. The van der Waals surface area contributed by atoms with Crippen LogP contribution in [0.15, 0.2) is 47.7 Å². The fourth-order valence-corrected chi connectivity index (χ4v) is 13.3. The number of aromatic amines is 1.